The molecule has 1 unspecified atom stereocenters. The third-order valence-electron chi connectivity index (χ3n) is 2.69. The second kappa shape index (κ2) is 5.48. The summed E-state index contributed by atoms with van der Waals surface area (Å²) in [6, 6.07) is 6.67. The number of halogens is 1. The van der Waals surface area contributed by atoms with Gasteiger partial charge >= 0.3 is 0 Å². The number of rotatable bonds is 4. The lowest BCUT2D eigenvalue weighted by Crippen LogP contribution is -2.29. The topological polar surface area (TPSA) is 55.4 Å². The predicted molar refractivity (Wildman–Crippen MR) is 68.3 cm³/mol. The van der Waals surface area contributed by atoms with Gasteiger partial charge in [-0.05, 0) is 30.5 Å². The van der Waals surface area contributed by atoms with E-state index in [2.05, 4.69) is 20.7 Å². The average Bonchev–Trinajstić information content (AvgIpc) is 2.79. The molecule has 1 aliphatic heterocycles. The van der Waals surface area contributed by atoms with E-state index >= 15 is 0 Å². The normalized spacial score (nSPS) is 20.6. The summed E-state index contributed by atoms with van der Waals surface area (Å²) in [5.41, 5.74) is 0. The van der Waals surface area contributed by atoms with Crippen LogP contribution in [0.4, 0.5) is 0 Å². The maximum atomic E-state index is 12.0. The second-order valence-electron chi connectivity index (χ2n) is 4.04. The Kier molecular flexibility index (Phi) is 4.19. The zero-order chi connectivity index (χ0) is 12.3. The molecule has 0 radical (unpaired) electrons. The summed E-state index contributed by atoms with van der Waals surface area (Å²) in [6.45, 7) is 1.80. The molecule has 1 heterocycles. The van der Waals surface area contributed by atoms with Crippen LogP contribution in [0.2, 0.25) is 0 Å². The van der Waals surface area contributed by atoms with Crippen LogP contribution in [-0.2, 0) is 14.8 Å². The van der Waals surface area contributed by atoms with Crippen molar-refractivity contribution in [2.75, 3.05) is 19.8 Å². The quantitative estimate of drug-likeness (QED) is 0.920. The molecule has 17 heavy (non-hydrogen) atoms. The van der Waals surface area contributed by atoms with Gasteiger partial charge in [-0.15, -0.1) is 0 Å². The summed E-state index contributed by atoms with van der Waals surface area (Å²) >= 11 is 3.26. The molecule has 0 saturated carbocycles. The van der Waals surface area contributed by atoms with Crippen molar-refractivity contribution >= 4 is 26.0 Å². The van der Waals surface area contributed by atoms with Gasteiger partial charge in [-0.2, -0.15) is 0 Å². The van der Waals surface area contributed by atoms with Gasteiger partial charge in [0.15, 0.2) is 0 Å². The maximum Gasteiger partial charge on any atom is 0.240 e. The minimum Gasteiger partial charge on any atom is -0.381 e. The maximum absolute atomic E-state index is 12.0. The monoisotopic (exact) mass is 319 g/mol. The summed E-state index contributed by atoms with van der Waals surface area (Å²) in [7, 11) is -3.41. The summed E-state index contributed by atoms with van der Waals surface area (Å²) < 4.78 is 32.5. The molecule has 1 saturated heterocycles. The van der Waals surface area contributed by atoms with E-state index in [0.717, 1.165) is 17.5 Å². The third-order valence-corrected chi connectivity index (χ3v) is 4.61. The summed E-state index contributed by atoms with van der Waals surface area (Å²) in [6.07, 6.45) is 0.918. The number of sulfonamides is 1. The predicted octanol–water partition coefficient (Wildman–Crippen LogP) is 1.76. The molecule has 1 aliphatic rings. The molecule has 0 bridgehead atoms. The van der Waals surface area contributed by atoms with Gasteiger partial charge in [0.1, 0.15) is 0 Å². The van der Waals surface area contributed by atoms with Crippen molar-refractivity contribution in [1.29, 1.82) is 0 Å². The van der Waals surface area contributed by atoms with Crippen molar-refractivity contribution in [3.8, 4) is 0 Å². The van der Waals surface area contributed by atoms with Crippen molar-refractivity contribution < 1.29 is 13.2 Å². The zero-order valence-electron chi connectivity index (χ0n) is 9.23. The highest BCUT2D eigenvalue weighted by atomic mass is 79.9. The Labute approximate surface area is 110 Å². The number of hydrogen-bond donors (Lipinski definition) is 1. The van der Waals surface area contributed by atoms with Crippen LogP contribution in [0.3, 0.4) is 0 Å². The third kappa shape index (κ3) is 3.51. The molecule has 0 spiro atoms. The molecule has 1 fully saturated rings. The molecule has 0 aliphatic carbocycles. The van der Waals surface area contributed by atoms with Crippen molar-refractivity contribution in [2.45, 2.75) is 11.3 Å². The van der Waals surface area contributed by atoms with Gasteiger partial charge in [-0.25, -0.2) is 13.1 Å². The smallest absolute Gasteiger partial charge is 0.240 e. The SMILES string of the molecule is O=S(=O)(NCC1CCOC1)c1cccc(Br)c1. The van der Waals surface area contributed by atoms with Crippen molar-refractivity contribution in [3.05, 3.63) is 28.7 Å². The molecule has 0 aromatic heterocycles. The lowest BCUT2D eigenvalue weighted by Gasteiger charge is -2.10. The van der Waals surface area contributed by atoms with E-state index < -0.39 is 10.0 Å². The highest BCUT2D eigenvalue weighted by molar-refractivity contribution is 9.10. The molecule has 6 heteroatoms. The standard InChI is InChI=1S/C11H14BrNO3S/c12-10-2-1-3-11(6-10)17(14,15)13-7-9-4-5-16-8-9/h1-3,6,9,13H,4-5,7-8H2. The first kappa shape index (κ1) is 13.0. The minimum atomic E-state index is -3.41. The van der Waals surface area contributed by atoms with Gasteiger partial charge in [0.25, 0.3) is 0 Å². The van der Waals surface area contributed by atoms with Crippen LogP contribution in [0, 0.1) is 5.92 Å². The Balaban J connectivity index is 2.03. The van der Waals surface area contributed by atoms with Crippen LogP contribution in [0.15, 0.2) is 33.6 Å². The van der Waals surface area contributed by atoms with Crippen molar-refractivity contribution in [3.63, 3.8) is 0 Å². The highest BCUT2D eigenvalue weighted by Gasteiger charge is 2.20. The largest absolute Gasteiger partial charge is 0.381 e. The van der Waals surface area contributed by atoms with Gasteiger partial charge in [0, 0.05) is 17.6 Å². The van der Waals surface area contributed by atoms with Crippen LogP contribution in [0.25, 0.3) is 0 Å². The fraction of sp³-hybridized carbons (Fsp3) is 0.455. The Morgan fingerprint density at radius 3 is 2.94 bits per heavy atom. The van der Waals surface area contributed by atoms with E-state index in [1.165, 1.54) is 0 Å². The van der Waals surface area contributed by atoms with Crippen molar-refractivity contribution in [2.24, 2.45) is 5.92 Å². The first-order valence-corrected chi connectivity index (χ1v) is 7.68. The lowest BCUT2D eigenvalue weighted by atomic mass is 10.1. The zero-order valence-corrected chi connectivity index (χ0v) is 11.6. The van der Waals surface area contributed by atoms with Gasteiger partial charge in [-0.3, -0.25) is 0 Å². The Morgan fingerprint density at radius 1 is 1.47 bits per heavy atom. The van der Waals surface area contributed by atoms with Crippen molar-refractivity contribution in [1.82, 2.24) is 4.72 Å². The van der Waals surface area contributed by atoms with Crippen LogP contribution in [-0.4, -0.2) is 28.2 Å². The number of ether oxygens (including phenoxy) is 1. The minimum absolute atomic E-state index is 0.283. The molecule has 1 N–H and O–H groups in total. The van der Waals surface area contributed by atoms with E-state index in [1.54, 1.807) is 24.3 Å². The van der Waals surface area contributed by atoms with E-state index in [4.69, 9.17) is 4.74 Å². The first-order chi connectivity index (χ1) is 8.08. The van der Waals surface area contributed by atoms with Gasteiger partial charge in [0.05, 0.1) is 11.5 Å². The van der Waals surface area contributed by atoms with Crippen LogP contribution >= 0.6 is 15.9 Å². The molecule has 1 atom stereocenters. The summed E-state index contributed by atoms with van der Waals surface area (Å²) in [5, 5.41) is 0. The van der Waals surface area contributed by atoms with Crippen LogP contribution < -0.4 is 4.72 Å². The lowest BCUT2D eigenvalue weighted by molar-refractivity contribution is 0.186. The van der Waals surface area contributed by atoms with Crippen LogP contribution in [0.1, 0.15) is 6.42 Å². The molecule has 94 valence electrons. The Hall–Kier alpha value is -0.430. The number of benzene rings is 1. The average molecular weight is 320 g/mol. The first-order valence-electron chi connectivity index (χ1n) is 5.41. The molecule has 2 rings (SSSR count). The van der Waals surface area contributed by atoms with Crippen LogP contribution in [0.5, 0.6) is 0 Å². The summed E-state index contributed by atoms with van der Waals surface area (Å²) in [4.78, 5) is 0.283. The number of nitrogens with one attached hydrogen (secondary N) is 1. The van der Waals surface area contributed by atoms with E-state index in [9.17, 15) is 8.42 Å². The van der Waals surface area contributed by atoms with E-state index in [1.807, 2.05) is 0 Å². The van der Waals surface area contributed by atoms with Gasteiger partial charge in [0.2, 0.25) is 10.0 Å². The molecule has 4 nitrogen and oxygen atoms in total. The van der Waals surface area contributed by atoms with E-state index in [0.29, 0.717) is 13.2 Å². The Morgan fingerprint density at radius 2 is 2.29 bits per heavy atom. The second-order valence-corrected chi connectivity index (χ2v) is 6.72. The van der Waals surface area contributed by atoms with Gasteiger partial charge in [-0.1, -0.05) is 22.0 Å². The molecular formula is C11H14BrNO3S. The fourth-order valence-electron chi connectivity index (χ4n) is 1.69. The molecule has 1 aromatic rings. The summed E-state index contributed by atoms with van der Waals surface area (Å²) in [5.74, 6) is 0.289. The molecular weight excluding hydrogens is 306 g/mol. The molecule has 1 aromatic carbocycles. The van der Waals surface area contributed by atoms with E-state index in [-0.39, 0.29) is 10.8 Å². The fourth-order valence-corrected chi connectivity index (χ4v) is 3.40. The Bertz CT molecular complexity index is 483. The van der Waals surface area contributed by atoms with Gasteiger partial charge < -0.3 is 4.74 Å². The number of hydrogen-bond acceptors (Lipinski definition) is 3. The molecule has 0 amide bonds. The highest BCUT2D eigenvalue weighted by Crippen LogP contribution is 2.17.